The second-order valence-corrected chi connectivity index (χ2v) is 4.57. The van der Waals surface area contributed by atoms with E-state index in [0.29, 0.717) is 12.8 Å². The van der Waals surface area contributed by atoms with E-state index in [0.717, 1.165) is 25.7 Å². The number of hydrogen-bond acceptors (Lipinski definition) is 2. The van der Waals surface area contributed by atoms with Crippen LogP contribution in [0.3, 0.4) is 0 Å². The van der Waals surface area contributed by atoms with Gasteiger partial charge in [-0.3, -0.25) is 10.8 Å². The first-order chi connectivity index (χ1) is 8.58. The summed E-state index contributed by atoms with van der Waals surface area (Å²) in [6.45, 7) is 0. The summed E-state index contributed by atoms with van der Waals surface area (Å²) in [5.41, 5.74) is 13.2. The maximum Gasteiger partial charge on any atom is 0.0905 e. The monoisotopic (exact) mass is 246 g/mol. The fourth-order valence-corrected chi connectivity index (χ4v) is 1.84. The Morgan fingerprint density at radius 3 is 1.39 bits per heavy atom. The van der Waals surface area contributed by atoms with E-state index < -0.39 is 0 Å². The largest absolute Gasteiger partial charge is 0.388 e. The normalized spacial score (nSPS) is 10.2. The molecule has 0 aliphatic heterocycles. The molecule has 4 nitrogen and oxygen atoms in total. The van der Waals surface area contributed by atoms with E-state index in [-0.39, 0.29) is 11.7 Å². The van der Waals surface area contributed by atoms with E-state index in [1.807, 2.05) is 0 Å². The fraction of sp³-hybridized carbons (Fsp3) is 0.429. The summed E-state index contributed by atoms with van der Waals surface area (Å²) >= 11 is 0. The van der Waals surface area contributed by atoms with Crippen LogP contribution < -0.4 is 11.5 Å². The van der Waals surface area contributed by atoms with Gasteiger partial charge in [0, 0.05) is 12.8 Å². The van der Waals surface area contributed by atoms with Gasteiger partial charge in [-0.15, -0.1) is 0 Å². The van der Waals surface area contributed by atoms with Crippen molar-refractivity contribution in [2.45, 2.75) is 38.5 Å². The van der Waals surface area contributed by atoms with Crippen LogP contribution in [0.5, 0.6) is 0 Å². The van der Waals surface area contributed by atoms with Gasteiger partial charge >= 0.3 is 0 Å². The number of nitrogens with one attached hydrogen (secondary N) is 2. The van der Waals surface area contributed by atoms with Crippen molar-refractivity contribution in [3.05, 3.63) is 35.4 Å². The van der Waals surface area contributed by atoms with Crippen molar-refractivity contribution < 1.29 is 0 Å². The summed E-state index contributed by atoms with van der Waals surface area (Å²) < 4.78 is 0. The van der Waals surface area contributed by atoms with Crippen LogP contribution in [0.4, 0.5) is 0 Å². The molecule has 6 N–H and O–H groups in total. The highest BCUT2D eigenvalue weighted by atomic mass is 14.7. The third kappa shape index (κ3) is 6.03. The quantitative estimate of drug-likeness (QED) is 0.417. The van der Waals surface area contributed by atoms with Gasteiger partial charge < -0.3 is 11.5 Å². The topological polar surface area (TPSA) is 99.7 Å². The van der Waals surface area contributed by atoms with Crippen LogP contribution in [0.1, 0.15) is 36.8 Å². The van der Waals surface area contributed by atoms with Gasteiger partial charge in [-0.1, -0.05) is 24.3 Å². The summed E-state index contributed by atoms with van der Waals surface area (Å²) in [6.07, 6.45) is 5.12. The van der Waals surface area contributed by atoms with Gasteiger partial charge in [0.25, 0.3) is 0 Å². The Labute approximate surface area is 108 Å². The molecular weight excluding hydrogens is 224 g/mol. The number of amidine groups is 2. The van der Waals surface area contributed by atoms with E-state index in [1.54, 1.807) is 0 Å². The van der Waals surface area contributed by atoms with Crippen molar-refractivity contribution in [3.8, 4) is 0 Å². The van der Waals surface area contributed by atoms with Crippen LogP contribution in [0, 0.1) is 10.8 Å². The zero-order valence-electron chi connectivity index (χ0n) is 10.7. The molecule has 18 heavy (non-hydrogen) atoms. The van der Waals surface area contributed by atoms with Gasteiger partial charge in [0.1, 0.15) is 0 Å². The average Bonchev–Trinajstić information content (AvgIpc) is 2.30. The Morgan fingerprint density at radius 1 is 0.778 bits per heavy atom. The van der Waals surface area contributed by atoms with E-state index in [9.17, 15) is 0 Å². The first-order valence-corrected chi connectivity index (χ1v) is 6.31. The molecule has 0 saturated heterocycles. The smallest absolute Gasteiger partial charge is 0.0905 e. The van der Waals surface area contributed by atoms with Gasteiger partial charge in [-0.25, -0.2) is 0 Å². The number of nitrogens with two attached hydrogens (primary N) is 2. The minimum atomic E-state index is 0.260. The van der Waals surface area contributed by atoms with Crippen molar-refractivity contribution in [3.63, 3.8) is 0 Å². The molecule has 1 rings (SSSR count). The van der Waals surface area contributed by atoms with E-state index in [1.165, 1.54) is 11.1 Å². The predicted molar refractivity (Wildman–Crippen MR) is 76.1 cm³/mol. The Morgan fingerprint density at radius 2 is 1.11 bits per heavy atom. The van der Waals surface area contributed by atoms with Crippen molar-refractivity contribution in [1.29, 1.82) is 10.8 Å². The number of rotatable bonds is 8. The molecule has 0 aromatic heterocycles. The van der Waals surface area contributed by atoms with E-state index in [4.69, 9.17) is 22.3 Å². The van der Waals surface area contributed by atoms with Crippen LogP contribution in [0.25, 0.3) is 0 Å². The van der Waals surface area contributed by atoms with Crippen LogP contribution in [0.2, 0.25) is 0 Å². The molecule has 0 saturated carbocycles. The molecule has 0 unspecified atom stereocenters. The van der Waals surface area contributed by atoms with E-state index >= 15 is 0 Å². The summed E-state index contributed by atoms with van der Waals surface area (Å²) in [4.78, 5) is 0. The Kier molecular flexibility index (Phi) is 5.91. The summed E-state index contributed by atoms with van der Waals surface area (Å²) in [7, 11) is 0. The van der Waals surface area contributed by atoms with Gasteiger partial charge in [-0.05, 0) is 36.8 Å². The molecule has 4 heteroatoms. The van der Waals surface area contributed by atoms with Crippen molar-refractivity contribution >= 4 is 11.7 Å². The molecule has 0 radical (unpaired) electrons. The van der Waals surface area contributed by atoms with Crippen molar-refractivity contribution in [2.75, 3.05) is 0 Å². The lowest BCUT2D eigenvalue weighted by Crippen LogP contribution is -2.09. The predicted octanol–water partition coefficient (Wildman–Crippen LogP) is 2.20. The van der Waals surface area contributed by atoms with E-state index in [2.05, 4.69) is 24.3 Å². The first-order valence-electron chi connectivity index (χ1n) is 6.31. The zero-order chi connectivity index (χ0) is 13.4. The second-order valence-electron chi connectivity index (χ2n) is 4.57. The lowest BCUT2D eigenvalue weighted by atomic mass is 10.0. The molecule has 0 aliphatic rings. The van der Waals surface area contributed by atoms with Gasteiger partial charge in [0.05, 0.1) is 11.7 Å². The molecule has 0 fully saturated rings. The first kappa shape index (κ1) is 14.2. The summed E-state index contributed by atoms with van der Waals surface area (Å²) in [6, 6.07) is 8.51. The SMILES string of the molecule is N=C(N)CCCc1ccc(CCCC(=N)N)cc1. The average molecular weight is 246 g/mol. The third-order valence-electron chi connectivity index (χ3n) is 2.85. The number of aryl methyl sites for hydroxylation is 2. The molecular formula is C14H22N4. The highest BCUT2D eigenvalue weighted by Crippen LogP contribution is 2.10. The zero-order valence-corrected chi connectivity index (χ0v) is 10.7. The van der Waals surface area contributed by atoms with Crippen molar-refractivity contribution in [2.24, 2.45) is 11.5 Å². The summed E-state index contributed by atoms with van der Waals surface area (Å²) in [5, 5.41) is 14.3. The molecule has 0 aliphatic carbocycles. The molecule has 98 valence electrons. The van der Waals surface area contributed by atoms with Crippen LogP contribution in [0.15, 0.2) is 24.3 Å². The van der Waals surface area contributed by atoms with Gasteiger partial charge in [0.2, 0.25) is 0 Å². The highest BCUT2D eigenvalue weighted by Gasteiger charge is 1.98. The van der Waals surface area contributed by atoms with Crippen LogP contribution in [-0.4, -0.2) is 11.7 Å². The fourth-order valence-electron chi connectivity index (χ4n) is 1.84. The van der Waals surface area contributed by atoms with Crippen LogP contribution >= 0.6 is 0 Å². The highest BCUT2D eigenvalue weighted by molar-refractivity contribution is 5.77. The number of benzene rings is 1. The maximum absolute atomic E-state index is 7.16. The van der Waals surface area contributed by atoms with Crippen LogP contribution in [-0.2, 0) is 12.8 Å². The lowest BCUT2D eigenvalue weighted by Gasteiger charge is -2.04. The second kappa shape index (κ2) is 7.48. The van der Waals surface area contributed by atoms with Crippen molar-refractivity contribution in [1.82, 2.24) is 0 Å². The molecule has 0 amide bonds. The minimum Gasteiger partial charge on any atom is -0.388 e. The molecule has 0 atom stereocenters. The Bertz CT molecular complexity index is 356. The lowest BCUT2D eigenvalue weighted by molar-refractivity contribution is 0.844. The molecule has 0 heterocycles. The Hall–Kier alpha value is -1.84. The molecule has 0 bridgehead atoms. The third-order valence-corrected chi connectivity index (χ3v) is 2.85. The minimum absolute atomic E-state index is 0.260. The van der Waals surface area contributed by atoms with Gasteiger partial charge in [-0.2, -0.15) is 0 Å². The maximum atomic E-state index is 7.16. The molecule has 0 spiro atoms. The number of hydrogen-bond donors (Lipinski definition) is 4. The summed E-state index contributed by atoms with van der Waals surface area (Å²) in [5.74, 6) is 0.520. The Balaban J connectivity index is 2.33. The van der Waals surface area contributed by atoms with Gasteiger partial charge in [0.15, 0.2) is 0 Å². The molecule has 1 aromatic rings. The molecule has 1 aromatic carbocycles. The standard InChI is InChI=1S/C14H22N4/c15-13(16)5-1-3-11-7-9-12(10-8-11)4-2-6-14(17)18/h7-10H,1-6H2,(H3,15,16)(H3,17,18).